The van der Waals surface area contributed by atoms with Crippen LogP contribution in [0.15, 0.2) is 18.5 Å². The van der Waals surface area contributed by atoms with Crippen molar-refractivity contribution < 1.29 is 0 Å². The Kier molecular flexibility index (Phi) is 3.41. The number of hydrogen-bond acceptors (Lipinski definition) is 3. The van der Waals surface area contributed by atoms with Crippen molar-refractivity contribution in [1.82, 2.24) is 9.55 Å². The van der Waals surface area contributed by atoms with Crippen LogP contribution in [0.5, 0.6) is 0 Å². The van der Waals surface area contributed by atoms with Gasteiger partial charge in [0.25, 0.3) is 0 Å². The molecule has 86 valence electrons. The summed E-state index contributed by atoms with van der Waals surface area (Å²) >= 11 is 1.78. The molecule has 0 amide bonds. The first-order chi connectivity index (χ1) is 7.69. The minimum atomic E-state index is 0.708. The molecule has 0 saturated carbocycles. The predicted octanol–water partition coefficient (Wildman–Crippen LogP) is 2.11. The fourth-order valence-corrected chi connectivity index (χ4v) is 2.61. The third kappa shape index (κ3) is 2.51. The topological polar surface area (TPSA) is 43.8 Å². The highest BCUT2D eigenvalue weighted by Crippen LogP contribution is 2.17. The maximum Gasteiger partial charge on any atom is 0.113 e. The molecule has 16 heavy (non-hydrogen) atoms. The second-order valence-corrected chi connectivity index (χ2v) is 5.27. The molecule has 0 aromatic carbocycles. The Morgan fingerprint density at radius 3 is 2.88 bits per heavy atom. The van der Waals surface area contributed by atoms with E-state index < -0.39 is 0 Å². The van der Waals surface area contributed by atoms with Crippen LogP contribution in [-0.2, 0) is 13.0 Å². The summed E-state index contributed by atoms with van der Waals surface area (Å²) in [4.78, 5) is 5.84. The Bertz CT molecular complexity index is 451. The van der Waals surface area contributed by atoms with E-state index in [2.05, 4.69) is 41.9 Å². The standard InChI is InChI=1S/C12H17N3S/c1-9-10(2)16-12(14-9)8-15-6-4-11(7-15)3-5-13/h4,6-7H,3,5,8,13H2,1-2H3. The normalized spacial score (nSPS) is 10.9. The van der Waals surface area contributed by atoms with Gasteiger partial charge in [0.2, 0.25) is 0 Å². The molecule has 0 unspecified atom stereocenters. The van der Waals surface area contributed by atoms with Crippen molar-refractivity contribution in [2.75, 3.05) is 6.54 Å². The molecule has 2 aromatic rings. The third-order valence-corrected chi connectivity index (χ3v) is 3.69. The Balaban J connectivity index is 2.08. The smallest absolute Gasteiger partial charge is 0.113 e. The van der Waals surface area contributed by atoms with Gasteiger partial charge in [-0.1, -0.05) is 0 Å². The minimum absolute atomic E-state index is 0.708. The number of hydrogen-bond donors (Lipinski definition) is 1. The molecule has 0 aliphatic heterocycles. The number of thiazole rings is 1. The quantitative estimate of drug-likeness (QED) is 0.882. The van der Waals surface area contributed by atoms with Crippen LogP contribution >= 0.6 is 11.3 Å². The number of aromatic nitrogens is 2. The molecule has 3 nitrogen and oxygen atoms in total. The Morgan fingerprint density at radius 2 is 2.25 bits per heavy atom. The van der Waals surface area contributed by atoms with E-state index in [4.69, 9.17) is 5.73 Å². The van der Waals surface area contributed by atoms with Crippen LogP contribution in [0.25, 0.3) is 0 Å². The average molecular weight is 235 g/mol. The van der Waals surface area contributed by atoms with Gasteiger partial charge in [0.05, 0.1) is 12.2 Å². The van der Waals surface area contributed by atoms with Gasteiger partial charge in [-0.2, -0.15) is 0 Å². The van der Waals surface area contributed by atoms with E-state index in [1.54, 1.807) is 11.3 Å². The molecule has 0 spiro atoms. The van der Waals surface area contributed by atoms with Gasteiger partial charge < -0.3 is 10.3 Å². The predicted molar refractivity (Wildman–Crippen MR) is 67.9 cm³/mol. The molecule has 4 heteroatoms. The van der Waals surface area contributed by atoms with Gasteiger partial charge >= 0.3 is 0 Å². The SMILES string of the molecule is Cc1nc(Cn2ccc(CCN)c2)sc1C. The zero-order valence-electron chi connectivity index (χ0n) is 9.73. The Hall–Kier alpha value is -1.13. The highest BCUT2D eigenvalue weighted by Gasteiger charge is 2.04. The summed E-state index contributed by atoms with van der Waals surface area (Å²) in [7, 11) is 0. The summed E-state index contributed by atoms with van der Waals surface area (Å²) in [5.74, 6) is 0. The van der Waals surface area contributed by atoms with E-state index in [9.17, 15) is 0 Å². The molecule has 2 heterocycles. The van der Waals surface area contributed by atoms with Gasteiger partial charge in [0.1, 0.15) is 5.01 Å². The number of aryl methyl sites for hydroxylation is 2. The molecule has 0 radical (unpaired) electrons. The van der Waals surface area contributed by atoms with E-state index in [1.165, 1.54) is 15.4 Å². The molecule has 2 aromatic heterocycles. The summed E-state index contributed by atoms with van der Waals surface area (Å²) in [6.07, 6.45) is 5.19. The van der Waals surface area contributed by atoms with E-state index >= 15 is 0 Å². The monoisotopic (exact) mass is 235 g/mol. The van der Waals surface area contributed by atoms with Crippen molar-refractivity contribution in [3.05, 3.63) is 39.6 Å². The van der Waals surface area contributed by atoms with Crippen molar-refractivity contribution >= 4 is 11.3 Å². The van der Waals surface area contributed by atoms with Gasteiger partial charge in [-0.05, 0) is 38.4 Å². The number of nitrogens with two attached hydrogens (primary N) is 1. The fraction of sp³-hybridized carbons (Fsp3) is 0.417. The summed E-state index contributed by atoms with van der Waals surface area (Å²) in [6.45, 7) is 5.75. The summed E-state index contributed by atoms with van der Waals surface area (Å²) in [5, 5.41) is 1.17. The molecular weight excluding hydrogens is 218 g/mol. The van der Waals surface area contributed by atoms with E-state index in [1.807, 2.05) is 0 Å². The van der Waals surface area contributed by atoms with Gasteiger partial charge in [0.15, 0.2) is 0 Å². The number of nitrogens with zero attached hydrogens (tertiary/aromatic N) is 2. The van der Waals surface area contributed by atoms with Crippen molar-refractivity contribution in [1.29, 1.82) is 0 Å². The van der Waals surface area contributed by atoms with E-state index in [0.29, 0.717) is 6.54 Å². The van der Waals surface area contributed by atoms with Crippen LogP contribution in [0.3, 0.4) is 0 Å². The maximum absolute atomic E-state index is 5.53. The van der Waals surface area contributed by atoms with Gasteiger partial charge in [-0.3, -0.25) is 0 Å². The van der Waals surface area contributed by atoms with Gasteiger partial charge in [0, 0.05) is 17.3 Å². The van der Waals surface area contributed by atoms with Crippen LogP contribution in [0.1, 0.15) is 21.1 Å². The molecule has 2 rings (SSSR count). The second-order valence-electron chi connectivity index (χ2n) is 3.98. The first-order valence-corrected chi connectivity index (χ1v) is 6.28. The van der Waals surface area contributed by atoms with Gasteiger partial charge in [-0.25, -0.2) is 4.98 Å². The Labute approximate surface area is 99.9 Å². The van der Waals surface area contributed by atoms with E-state index in [-0.39, 0.29) is 0 Å². The summed E-state index contributed by atoms with van der Waals surface area (Å²) in [6, 6.07) is 2.13. The lowest BCUT2D eigenvalue weighted by Crippen LogP contribution is -2.02. The zero-order chi connectivity index (χ0) is 11.5. The van der Waals surface area contributed by atoms with Gasteiger partial charge in [-0.15, -0.1) is 11.3 Å². The Morgan fingerprint density at radius 1 is 1.44 bits per heavy atom. The van der Waals surface area contributed by atoms with Crippen molar-refractivity contribution in [3.63, 3.8) is 0 Å². The first kappa shape index (κ1) is 11.4. The third-order valence-electron chi connectivity index (χ3n) is 2.64. The highest BCUT2D eigenvalue weighted by atomic mass is 32.1. The van der Waals surface area contributed by atoms with E-state index in [0.717, 1.165) is 18.7 Å². The number of rotatable bonds is 4. The van der Waals surface area contributed by atoms with Crippen molar-refractivity contribution in [3.8, 4) is 0 Å². The van der Waals surface area contributed by atoms with Crippen LogP contribution in [-0.4, -0.2) is 16.1 Å². The minimum Gasteiger partial charge on any atom is -0.347 e. The lowest BCUT2D eigenvalue weighted by atomic mass is 10.2. The molecule has 2 N–H and O–H groups in total. The molecular formula is C12H17N3S. The van der Waals surface area contributed by atoms with Crippen LogP contribution in [0, 0.1) is 13.8 Å². The molecule has 0 aliphatic carbocycles. The largest absolute Gasteiger partial charge is 0.347 e. The zero-order valence-corrected chi connectivity index (χ0v) is 10.5. The molecule has 0 atom stereocenters. The molecule has 0 saturated heterocycles. The van der Waals surface area contributed by atoms with Crippen LogP contribution in [0.2, 0.25) is 0 Å². The summed E-state index contributed by atoms with van der Waals surface area (Å²) in [5.41, 5.74) is 7.97. The second kappa shape index (κ2) is 4.80. The summed E-state index contributed by atoms with van der Waals surface area (Å²) < 4.78 is 2.17. The fourth-order valence-electron chi connectivity index (χ4n) is 1.67. The lowest BCUT2D eigenvalue weighted by Gasteiger charge is -1.98. The molecule has 0 aliphatic rings. The van der Waals surface area contributed by atoms with Crippen LogP contribution in [0.4, 0.5) is 0 Å². The maximum atomic E-state index is 5.53. The van der Waals surface area contributed by atoms with Crippen molar-refractivity contribution in [2.24, 2.45) is 5.73 Å². The highest BCUT2D eigenvalue weighted by molar-refractivity contribution is 7.11. The van der Waals surface area contributed by atoms with Crippen molar-refractivity contribution in [2.45, 2.75) is 26.8 Å². The molecule has 0 bridgehead atoms. The lowest BCUT2D eigenvalue weighted by molar-refractivity contribution is 0.791. The average Bonchev–Trinajstić information content (AvgIpc) is 2.77. The molecule has 0 fully saturated rings. The first-order valence-electron chi connectivity index (χ1n) is 5.46. The van der Waals surface area contributed by atoms with Crippen LogP contribution < -0.4 is 5.73 Å².